The van der Waals surface area contributed by atoms with Gasteiger partial charge in [0.1, 0.15) is 0 Å². The van der Waals surface area contributed by atoms with Gasteiger partial charge in [-0.15, -0.1) is 0 Å². The molecule has 0 N–H and O–H groups in total. The Kier molecular flexibility index (Phi) is 4.58. The lowest BCUT2D eigenvalue weighted by Gasteiger charge is -2.36. The molecule has 0 aromatic carbocycles. The van der Waals surface area contributed by atoms with Gasteiger partial charge in [0, 0.05) is 13.1 Å². The molecule has 0 saturated carbocycles. The quantitative estimate of drug-likeness (QED) is 0.634. The maximum atomic E-state index is 12.0. The normalized spacial score (nSPS) is 17.1. The van der Waals surface area contributed by atoms with Gasteiger partial charge in [0.15, 0.2) is 6.54 Å². The Morgan fingerprint density at radius 2 is 1.53 bits per heavy atom. The van der Waals surface area contributed by atoms with E-state index >= 15 is 0 Å². The smallest absolute Gasteiger partial charge is 0.277 e. The lowest BCUT2D eigenvalue weighted by molar-refractivity contribution is -0.916. The molecule has 0 aliphatic carbocycles. The van der Waals surface area contributed by atoms with Gasteiger partial charge in [0.2, 0.25) is 0 Å². The van der Waals surface area contributed by atoms with Gasteiger partial charge in [-0.1, -0.05) is 0 Å². The summed E-state index contributed by atoms with van der Waals surface area (Å²) in [5.41, 5.74) is 0. The van der Waals surface area contributed by atoms with Crippen LogP contribution in [-0.4, -0.2) is 54.6 Å². The maximum Gasteiger partial charge on any atom is 0.277 e. The van der Waals surface area contributed by atoms with Crippen molar-refractivity contribution < 1.29 is 9.28 Å². The summed E-state index contributed by atoms with van der Waals surface area (Å²) < 4.78 is 0.940. The Labute approximate surface area is 93.6 Å². The summed E-state index contributed by atoms with van der Waals surface area (Å²) in [4.78, 5) is 14.1. The Hall–Kier alpha value is -0.570. The fourth-order valence-electron chi connectivity index (χ4n) is 2.36. The van der Waals surface area contributed by atoms with Crippen LogP contribution in [0.2, 0.25) is 0 Å². The Morgan fingerprint density at radius 1 is 1.07 bits per heavy atom. The zero-order valence-electron chi connectivity index (χ0n) is 10.5. The number of likely N-dealkylation sites (tertiary alicyclic amines) is 1. The SMILES string of the molecule is CC[N+](CC)(CC)CC(=O)N1CCCC1. The Bertz CT molecular complexity index is 197. The second kappa shape index (κ2) is 5.50. The summed E-state index contributed by atoms with van der Waals surface area (Å²) in [7, 11) is 0. The summed E-state index contributed by atoms with van der Waals surface area (Å²) in [6.45, 7) is 12.4. The first-order chi connectivity index (χ1) is 7.17. The zero-order valence-corrected chi connectivity index (χ0v) is 10.5. The molecule has 0 spiro atoms. The van der Waals surface area contributed by atoms with E-state index < -0.39 is 0 Å². The zero-order chi connectivity index (χ0) is 11.3. The van der Waals surface area contributed by atoms with Crippen molar-refractivity contribution >= 4 is 5.91 Å². The highest BCUT2D eigenvalue weighted by Crippen LogP contribution is 2.11. The van der Waals surface area contributed by atoms with Crippen molar-refractivity contribution in [2.45, 2.75) is 33.6 Å². The van der Waals surface area contributed by atoms with E-state index in [4.69, 9.17) is 0 Å². The molecule has 0 aromatic rings. The van der Waals surface area contributed by atoms with Gasteiger partial charge in [-0.3, -0.25) is 4.79 Å². The van der Waals surface area contributed by atoms with Crippen molar-refractivity contribution in [3.8, 4) is 0 Å². The molecule has 1 saturated heterocycles. The van der Waals surface area contributed by atoms with Crippen LogP contribution in [0.15, 0.2) is 0 Å². The monoisotopic (exact) mass is 213 g/mol. The van der Waals surface area contributed by atoms with Crippen molar-refractivity contribution in [1.29, 1.82) is 0 Å². The second-order valence-electron chi connectivity index (χ2n) is 4.54. The van der Waals surface area contributed by atoms with Gasteiger partial charge in [0.05, 0.1) is 19.6 Å². The fraction of sp³-hybridized carbons (Fsp3) is 0.917. The van der Waals surface area contributed by atoms with Gasteiger partial charge >= 0.3 is 0 Å². The van der Waals surface area contributed by atoms with Gasteiger partial charge in [-0.05, 0) is 33.6 Å². The van der Waals surface area contributed by atoms with Crippen LogP contribution in [-0.2, 0) is 4.79 Å². The second-order valence-corrected chi connectivity index (χ2v) is 4.54. The van der Waals surface area contributed by atoms with Gasteiger partial charge < -0.3 is 9.38 Å². The van der Waals surface area contributed by atoms with Crippen molar-refractivity contribution in [2.75, 3.05) is 39.3 Å². The number of likely N-dealkylation sites (N-methyl/N-ethyl adjacent to an activating group) is 1. The molecule has 1 rings (SSSR count). The van der Waals surface area contributed by atoms with E-state index in [1.165, 1.54) is 12.8 Å². The molecule has 0 atom stereocenters. The minimum absolute atomic E-state index is 0.359. The van der Waals surface area contributed by atoms with Crippen LogP contribution in [0.25, 0.3) is 0 Å². The molecule has 0 aromatic heterocycles. The summed E-state index contributed by atoms with van der Waals surface area (Å²) >= 11 is 0. The van der Waals surface area contributed by atoms with E-state index in [1.54, 1.807) is 0 Å². The minimum atomic E-state index is 0.359. The summed E-state index contributed by atoms with van der Waals surface area (Å²) in [5, 5.41) is 0. The third kappa shape index (κ3) is 2.94. The summed E-state index contributed by atoms with van der Waals surface area (Å²) in [5.74, 6) is 0.359. The number of quaternary nitrogens is 1. The van der Waals surface area contributed by atoms with Crippen molar-refractivity contribution in [3.05, 3.63) is 0 Å². The molecule has 1 fully saturated rings. The minimum Gasteiger partial charge on any atom is -0.338 e. The van der Waals surface area contributed by atoms with E-state index in [0.717, 1.165) is 37.2 Å². The van der Waals surface area contributed by atoms with Crippen LogP contribution < -0.4 is 0 Å². The van der Waals surface area contributed by atoms with Crippen LogP contribution in [0.5, 0.6) is 0 Å². The summed E-state index contributed by atoms with van der Waals surface area (Å²) in [6, 6.07) is 0. The van der Waals surface area contributed by atoms with E-state index in [1.807, 2.05) is 4.90 Å². The predicted octanol–water partition coefficient (Wildman–Crippen LogP) is 1.49. The van der Waals surface area contributed by atoms with Crippen LogP contribution in [0, 0.1) is 0 Å². The molecule has 3 nitrogen and oxygen atoms in total. The highest BCUT2D eigenvalue weighted by atomic mass is 16.2. The van der Waals surface area contributed by atoms with Crippen molar-refractivity contribution in [2.24, 2.45) is 0 Å². The summed E-state index contributed by atoms with van der Waals surface area (Å²) in [6.07, 6.45) is 2.38. The Balaban J connectivity index is 2.53. The van der Waals surface area contributed by atoms with Crippen molar-refractivity contribution in [3.63, 3.8) is 0 Å². The lowest BCUT2D eigenvalue weighted by atomic mass is 10.3. The van der Waals surface area contributed by atoms with Crippen LogP contribution in [0.4, 0.5) is 0 Å². The molecule has 0 bridgehead atoms. The molecule has 0 unspecified atom stereocenters. The highest BCUT2D eigenvalue weighted by molar-refractivity contribution is 5.77. The van der Waals surface area contributed by atoms with Gasteiger partial charge in [-0.25, -0.2) is 0 Å². The molecule has 1 amide bonds. The third-order valence-electron chi connectivity index (χ3n) is 3.94. The lowest BCUT2D eigenvalue weighted by Crippen LogP contribution is -2.53. The number of carbonyl (C=O) groups excluding carboxylic acids is 1. The predicted molar refractivity (Wildman–Crippen MR) is 62.6 cm³/mol. The molecule has 15 heavy (non-hydrogen) atoms. The van der Waals surface area contributed by atoms with Crippen LogP contribution in [0.3, 0.4) is 0 Å². The number of carbonyl (C=O) groups is 1. The first-order valence-corrected chi connectivity index (χ1v) is 6.30. The average Bonchev–Trinajstić information content (AvgIpc) is 2.79. The average molecular weight is 213 g/mol. The van der Waals surface area contributed by atoms with E-state index in [9.17, 15) is 4.79 Å². The standard InChI is InChI=1S/C12H25N2O/c1-4-14(5-2,6-3)11-12(15)13-9-7-8-10-13/h4-11H2,1-3H3/q+1. The first kappa shape index (κ1) is 12.5. The first-order valence-electron chi connectivity index (χ1n) is 6.30. The van der Waals surface area contributed by atoms with Gasteiger partial charge in [0.25, 0.3) is 5.91 Å². The molecular formula is C12H25N2O+. The van der Waals surface area contributed by atoms with Crippen molar-refractivity contribution in [1.82, 2.24) is 4.90 Å². The molecule has 88 valence electrons. The Morgan fingerprint density at radius 3 is 1.93 bits per heavy atom. The third-order valence-corrected chi connectivity index (χ3v) is 3.94. The highest BCUT2D eigenvalue weighted by Gasteiger charge is 2.28. The van der Waals surface area contributed by atoms with E-state index in [0.29, 0.717) is 12.5 Å². The molecule has 0 radical (unpaired) electrons. The molecule has 1 aliphatic heterocycles. The molecule has 1 heterocycles. The van der Waals surface area contributed by atoms with Crippen LogP contribution >= 0.6 is 0 Å². The molecular weight excluding hydrogens is 188 g/mol. The van der Waals surface area contributed by atoms with E-state index in [-0.39, 0.29) is 0 Å². The van der Waals surface area contributed by atoms with E-state index in [2.05, 4.69) is 20.8 Å². The topological polar surface area (TPSA) is 20.3 Å². The molecule has 1 aliphatic rings. The maximum absolute atomic E-state index is 12.0. The largest absolute Gasteiger partial charge is 0.338 e. The fourth-order valence-corrected chi connectivity index (χ4v) is 2.36. The number of rotatable bonds is 5. The number of amides is 1. The van der Waals surface area contributed by atoms with Crippen LogP contribution in [0.1, 0.15) is 33.6 Å². The molecule has 3 heteroatoms. The number of nitrogens with zero attached hydrogens (tertiary/aromatic N) is 2. The van der Waals surface area contributed by atoms with Gasteiger partial charge in [-0.2, -0.15) is 0 Å². The number of hydrogen-bond donors (Lipinski definition) is 0. The number of hydrogen-bond acceptors (Lipinski definition) is 1.